The lowest BCUT2D eigenvalue weighted by Crippen LogP contribution is -2.43. The number of likely N-dealkylation sites (N-methyl/N-ethyl adjacent to an activating group) is 1. The average Bonchev–Trinajstić information content (AvgIpc) is 2.83. The van der Waals surface area contributed by atoms with Gasteiger partial charge in [-0.2, -0.15) is 0 Å². The highest BCUT2D eigenvalue weighted by molar-refractivity contribution is 5.57. The molecule has 0 saturated carbocycles. The van der Waals surface area contributed by atoms with E-state index in [2.05, 4.69) is 46.7 Å². The van der Waals surface area contributed by atoms with Crippen LogP contribution in [0, 0.1) is 5.82 Å². The average molecular weight is 448 g/mol. The van der Waals surface area contributed by atoms with Crippen molar-refractivity contribution in [1.82, 2.24) is 19.7 Å². The molecule has 0 atom stereocenters. The molecule has 0 fully saturated rings. The molecule has 33 heavy (non-hydrogen) atoms. The van der Waals surface area contributed by atoms with Crippen molar-refractivity contribution in [2.24, 2.45) is 4.99 Å². The summed E-state index contributed by atoms with van der Waals surface area (Å²) in [6.07, 6.45) is 7.52. The van der Waals surface area contributed by atoms with E-state index in [9.17, 15) is 4.39 Å². The van der Waals surface area contributed by atoms with Crippen molar-refractivity contribution in [3.8, 4) is 0 Å². The molecule has 3 rings (SSSR count). The van der Waals surface area contributed by atoms with Crippen molar-refractivity contribution >= 4 is 6.21 Å². The third-order valence-electron chi connectivity index (χ3n) is 5.75. The maximum Gasteiger partial charge on any atom is 0.159 e. The summed E-state index contributed by atoms with van der Waals surface area (Å²) in [6, 6.07) is 10.7. The van der Waals surface area contributed by atoms with Crippen LogP contribution >= 0.6 is 0 Å². The Labute approximate surface area is 197 Å². The van der Waals surface area contributed by atoms with Crippen molar-refractivity contribution in [3.05, 3.63) is 102 Å². The Balaban J connectivity index is 2.08. The zero-order valence-corrected chi connectivity index (χ0v) is 20.0. The second kappa shape index (κ2) is 11.5. The first-order valence-electron chi connectivity index (χ1n) is 11.5. The fraction of sp³-hybridized carbons (Fsp3) is 0.333. The standard InChI is InChI=1S/C27H34FN5/c1-6-9-18-32-21(4)26(31(8-3)19-23-10-12-25(28)13-11-23)27(30-7-2)33(22(32)5)20-24-14-16-29-17-15-24/h7,10-17H,4-6,8-9,18-20H2,1-3H3. The highest BCUT2D eigenvalue weighted by Crippen LogP contribution is 2.37. The van der Waals surface area contributed by atoms with Crippen LogP contribution in [0.2, 0.25) is 0 Å². The smallest absolute Gasteiger partial charge is 0.159 e. The Bertz CT molecular complexity index is 1010. The van der Waals surface area contributed by atoms with E-state index in [4.69, 9.17) is 4.99 Å². The van der Waals surface area contributed by atoms with E-state index in [1.54, 1.807) is 12.4 Å². The van der Waals surface area contributed by atoms with Crippen LogP contribution in [0.3, 0.4) is 0 Å². The highest BCUT2D eigenvalue weighted by atomic mass is 19.1. The Morgan fingerprint density at radius 2 is 1.73 bits per heavy atom. The number of benzene rings is 1. The Hall–Kier alpha value is -3.41. The van der Waals surface area contributed by atoms with Crippen molar-refractivity contribution in [1.29, 1.82) is 0 Å². The number of aromatic nitrogens is 1. The fourth-order valence-corrected chi connectivity index (χ4v) is 3.96. The zero-order chi connectivity index (χ0) is 23.8. The third kappa shape index (κ3) is 5.69. The highest BCUT2D eigenvalue weighted by Gasteiger charge is 2.33. The van der Waals surface area contributed by atoms with Crippen molar-refractivity contribution in [3.63, 3.8) is 0 Å². The van der Waals surface area contributed by atoms with Gasteiger partial charge in [-0.3, -0.25) is 4.98 Å². The van der Waals surface area contributed by atoms with E-state index in [-0.39, 0.29) is 5.82 Å². The van der Waals surface area contributed by atoms with Gasteiger partial charge in [0.1, 0.15) is 17.3 Å². The number of hydrogen-bond donors (Lipinski definition) is 0. The van der Waals surface area contributed by atoms with E-state index in [0.717, 1.165) is 60.1 Å². The lowest BCUT2D eigenvalue weighted by Gasteiger charge is -2.45. The number of pyridine rings is 1. The lowest BCUT2D eigenvalue weighted by molar-refractivity contribution is 0.218. The first kappa shape index (κ1) is 24.2. The van der Waals surface area contributed by atoms with Crippen LogP contribution in [-0.2, 0) is 13.1 Å². The molecule has 1 aromatic carbocycles. The summed E-state index contributed by atoms with van der Waals surface area (Å²) in [5.74, 6) is 1.46. The maximum absolute atomic E-state index is 13.5. The first-order chi connectivity index (χ1) is 16.0. The van der Waals surface area contributed by atoms with Crippen molar-refractivity contribution in [2.75, 3.05) is 13.1 Å². The molecule has 0 bridgehead atoms. The molecule has 174 valence electrons. The van der Waals surface area contributed by atoms with Gasteiger partial charge in [-0.25, -0.2) is 9.38 Å². The van der Waals surface area contributed by atoms with Gasteiger partial charge in [-0.15, -0.1) is 0 Å². The number of unbranched alkanes of at least 4 members (excludes halogenated alkanes) is 1. The number of rotatable bonds is 10. The number of nitrogens with zero attached hydrogens (tertiary/aromatic N) is 5. The molecule has 1 aliphatic heterocycles. The van der Waals surface area contributed by atoms with E-state index < -0.39 is 0 Å². The molecule has 0 spiro atoms. The normalized spacial score (nSPS) is 14.5. The molecular weight excluding hydrogens is 413 g/mol. The Morgan fingerprint density at radius 3 is 2.33 bits per heavy atom. The molecule has 2 aromatic rings. The van der Waals surface area contributed by atoms with Gasteiger partial charge in [-0.05, 0) is 55.7 Å². The van der Waals surface area contributed by atoms with Gasteiger partial charge in [0.05, 0.1) is 12.2 Å². The number of hydrogen-bond acceptors (Lipinski definition) is 5. The van der Waals surface area contributed by atoms with Gasteiger partial charge in [-0.1, -0.05) is 38.6 Å². The van der Waals surface area contributed by atoms with Crippen LogP contribution < -0.4 is 0 Å². The molecule has 0 amide bonds. The van der Waals surface area contributed by atoms with Crippen LogP contribution in [-0.4, -0.2) is 39.0 Å². The molecule has 0 unspecified atom stereocenters. The van der Waals surface area contributed by atoms with Crippen LogP contribution in [0.15, 0.2) is 90.0 Å². The second-order valence-corrected chi connectivity index (χ2v) is 8.01. The van der Waals surface area contributed by atoms with E-state index in [1.807, 2.05) is 37.4 Å². The predicted molar refractivity (Wildman–Crippen MR) is 133 cm³/mol. The predicted octanol–water partition coefficient (Wildman–Crippen LogP) is 5.91. The summed E-state index contributed by atoms with van der Waals surface area (Å²) in [7, 11) is 0. The minimum atomic E-state index is -0.232. The summed E-state index contributed by atoms with van der Waals surface area (Å²) in [4.78, 5) is 15.5. The molecule has 0 aliphatic carbocycles. The molecule has 0 saturated heterocycles. The molecule has 5 nitrogen and oxygen atoms in total. The summed E-state index contributed by atoms with van der Waals surface area (Å²) in [6.45, 7) is 18.0. The van der Waals surface area contributed by atoms with Crippen LogP contribution in [0.4, 0.5) is 4.39 Å². The maximum atomic E-state index is 13.5. The van der Waals surface area contributed by atoms with E-state index >= 15 is 0 Å². The molecule has 6 heteroatoms. The monoisotopic (exact) mass is 447 g/mol. The molecule has 0 N–H and O–H groups in total. The molecule has 2 heterocycles. The van der Waals surface area contributed by atoms with Crippen LogP contribution in [0.5, 0.6) is 0 Å². The van der Waals surface area contributed by atoms with E-state index in [1.165, 1.54) is 12.1 Å². The molecule has 0 radical (unpaired) electrons. The Morgan fingerprint density at radius 1 is 1.03 bits per heavy atom. The summed E-state index contributed by atoms with van der Waals surface area (Å²) in [5.41, 5.74) is 4.02. The van der Waals surface area contributed by atoms with Gasteiger partial charge in [0.2, 0.25) is 0 Å². The first-order valence-corrected chi connectivity index (χ1v) is 11.5. The zero-order valence-electron chi connectivity index (χ0n) is 20.0. The minimum absolute atomic E-state index is 0.232. The van der Waals surface area contributed by atoms with Crippen LogP contribution in [0.25, 0.3) is 0 Å². The molecular formula is C27H34FN5. The molecule has 1 aromatic heterocycles. The fourth-order valence-electron chi connectivity index (χ4n) is 3.96. The quantitative estimate of drug-likeness (QED) is 0.425. The van der Waals surface area contributed by atoms with E-state index in [0.29, 0.717) is 13.1 Å². The van der Waals surface area contributed by atoms with Gasteiger partial charge in [0, 0.05) is 38.2 Å². The van der Waals surface area contributed by atoms with Gasteiger partial charge >= 0.3 is 0 Å². The third-order valence-corrected chi connectivity index (χ3v) is 5.75. The van der Waals surface area contributed by atoms with Gasteiger partial charge in [0.25, 0.3) is 0 Å². The van der Waals surface area contributed by atoms with Crippen molar-refractivity contribution < 1.29 is 4.39 Å². The largest absolute Gasteiger partial charge is 0.363 e. The van der Waals surface area contributed by atoms with Crippen molar-refractivity contribution in [2.45, 2.75) is 46.7 Å². The summed E-state index contributed by atoms with van der Waals surface area (Å²) in [5, 5.41) is 0. The lowest BCUT2D eigenvalue weighted by atomic mass is 10.1. The summed E-state index contributed by atoms with van der Waals surface area (Å²) >= 11 is 0. The SMILES string of the molecule is C=C1C(N(CC)Cc2ccc(F)cc2)=C(N=CC)N(Cc2ccncc2)C(=C)N1CCCC. The second-order valence-electron chi connectivity index (χ2n) is 8.01. The topological polar surface area (TPSA) is 35.0 Å². The van der Waals surface area contributed by atoms with Gasteiger partial charge in [0.15, 0.2) is 5.82 Å². The number of aliphatic imine (C=N–C) groups is 1. The Kier molecular flexibility index (Phi) is 8.41. The minimum Gasteiger partial charge on any atom is -0.363 e. The van der Waals surface area contributed by atoms with Crippen LogP contribution in [0.1, 0.15) is 44.7 Å². The molecule has 1 aliphatic rings. The summed E-state index contributed by atoms with van der Waals surface area (Å²) < 4.78 is 13.5. The number of halogens is 1. The van der Waals surface area contributed by atoms with Gasteiger partial charge < -0.3 is 14.7 Å².